The quantitative estimate of drug-likeness (QED) is 0.804. The van der Waals surface area contributed by atoms with Crippen molar-refractivity contribution in [2.75, 3.05) is 7.11 Å². The zero-order chi connectivity index (χ0) is 13.7. The summed E-state index contributed by atoms with van der Waals surface area (Å²) in [7, 11) is 1.40. The first-order valence-corrected chi connectivity index (χ1v) is 7.22. The average Bonchev–Trinajstić information content (AvgIpc) is 2.93. The number of H-pyrrole nitrogens is 1. The summed E-state index contributed by atoms with van der Waals surface area (Å²) in [6, 6.07) is 4.33. The average molecular weight is 264 g/mol. The Hall–Kier alpha value is -1.29. The van der Waals surface area contributed by atoms with Gasteiger partial charge in [0.25, 0.3) is 0 Å². The van der Waals surface area contributed by atoms with Crippen molar-refractivity contribution < 1.29 is 9.53 Å². The second-order valence-electron chi connectivity index (χ2n) is 5.41. The Morgan fingerprint density at radius 1 is 1.47 bits per heavy atom. The van der Waals surface area contributed by atoms with Crippen LogP contribution in [0.25, 0.3) is 0 Å². The number of methoxy groups -OCH3 is 1. The van der Waals surface area contributed by atoms with E-state index in [2.05, 4.69) is 22.0 Å². The molecule has 2 N–H and O–H groups in total. The molecule has 0 aliphatic heterocycles. The van der Waals surface area contributed by atoms with Crippen LogP contribution in [0.4, 0.5) is 0 Å². The first-order chi connectivity index (χ1) is 9.22. The first-order valence-electron chi connectivity index (χ1n) is 7.22. The predicted octanol–water partition coefficient (Wildman–Crippen LogP) is 2.86. The summed E-state index contributed by atoms with van der Waals surface area (Å²) in [6.45, 7) is 3.07. The van der Waals surface area contributed by atoms with Gasteiger partial charge in [-0.1, -0.05) is 26.2 Å². The molecule has 2 unspecified atom stereocenters. The van der Waals surface area contributed by atoms with Gasteiger partial charge in [0.15, 0.2) is 0 Å². The number of aromatic nitrogens is 1. The van der Waals surface area contributed by atoms with E-state index in [1.165, 1.54) is 39.2 Å². The maximum Gasteiger partial charge on any atom is 0.354 e. The highest BCUT2D eigenvalue weighted by molar-refractivity contribution is 5.87. The van der Waals surface area contributed by atoms with E-state index in [9.17, 15) is 4.79 Å². The van der Waals surface area contributed by atoms with Gasteiger partial charge in [0.2, 0.25) is 0 Å². The molecule has 1 aromatic rings. The van der Waals surface area contributed by atoms with E-state index in [1.807, 2.05) is 6.07 Å². The van der Waals surface area contributed by atoms with Gasteiger partial charge >= 0.3 is 5.97 Å². The number of aromatic amines is 1. The van der Waals surface area contributed by atoms with Gasteiger partial charge < -0.3 is 15.0 Å². The van der Waals surface area contributed by atoms with Gasteiger partial charge in [-0.25, -0.2) is 4.79 Å². The van der Waals surface area contributed by atoms with Gasteiger partial charge in [-0.15, -0.1) is 0 Å². The summed E-state index contributed by atoms with van der Waals surface area (Å²) in [5.41, 5.74) is 1.56. The molecule has 2 atom stereocenters. The van der Waals surface area contributed by atoms with E-state index in [-0.39, 0.29) is 5.97 Å². The maximum atomic E-state index is 11.3. The SMILES string of the molecule is CCC1CCCC(NCc2ccc(C(=O)OC)[nH]2)C1. The Balaban J connectivity index is 1.81. The molecule has 1 fully saturated rings. The van der Waals surface area contributed by atoms with Crippen molar-refractivity contribution in [3.63, 3.8) is 0 Å². The maximum absolute atomic E-state index is 11.3. The fourth-order valence-corrected chi connectivity index (χ4v) is 2.87. The largest absolute Gasteiger partial charge is 0.464 e. The molecule has 4 heteroatoms. The smallest absolute Gasteiger partial charge is 0.354 e. The number of carbonyl (C=O) groups is 1. The van der Waals surface area contributed by atoms with Crippen LogP contribution in [0.5, 0.6) is 0 Å². The topological polar surface area (TPSA) is 54.1 Å². The Bertz CT molecular complexity index is 414. The van der Waals surface area contributed by atoms with Crippen molar-refractivity contribution in [3.8, 4) is 0 Å². The lowest BCUT2D eigenvalue weighted by atomic mass is 9.84. The Kier molecular flexibility index (Phi) is 5.02. The Morgan fingerprint density at radius 2 is 2.32 bits per heavy atom. The summed E-state index contributed by atoms with van der Waals surface area (Å²) >= 11 is 0. The molecular formula is C15H24N2O2. The molecule has 0 aromatic carbocycles. The highest BCUT2D eigenvalue weighted by atomic mass is 16.5. The number of nitrogens with one attached hydrogen (secondary N) is 2. The van der Waals surface area contributed by atoms with Crippen LogP contribution in [0.2, 0.25) is 0 Å². The van der Waals surface area contributed by atoms with Gasteiger partial charge in [-0.3, -0.25) is 0 Å². The summed E-state index contributed by atoms with van der Waals surface area (Å²) in [6.07, 6.45) is 6.54. The van der Waals surface area contributed by atoms with Crippen LogP contribution < -0.4 is 5.32 Å². The molecule has 0 amide bonds. The van der Waals surface area contributed by atoms with Crippen LogP contribution in [0.1, 0.15) is 55.2 Å². The fourth-order valence-electron chi connectivity index (χ4n) is 2.87. The van der Waals surface area contributed by atoms with Gasteiger partial charge in [-0.2, -0.15) is 0 Å². The fraction of sp³-hybridized carbons (Fsp3) is 0.667. The number of carbonyl (C=O) groups excluding carboxylic acids is 1. The van der Waals surface area contributed by atoms with E-state index in [0.717, 1.165) is 18.2 Å². The van der Waals surface area contributed by atoms with Gasteiger partial charge in [-0.05, 0) is 30.9 Å². The Morgan fingerprint density at radius 3 is 3.05 bits per heavy atom. The minimum Gasteiger partial charge on any atom is -0.464 e. The third-order valence-corrected chi connectivity index (χ3v) is 4.09. The zero-order valence-electron chi connectivity index (χ0n) is 11.9. The summed E-state index contributed by atoms with van der Waals surface area (Å²) in [5, 5.41) is 3.59. The minimum atomic E-state index is -0.310. The summed E-state index contributed by atoms with van der Waals surface area (Å²) in [4.78, 5) is 14.4. The summed E-state index contributed by atoms with van der Waals surface area (Å²) in [5.74, 6) is 0.565. The lowest BCUT2D eigenvalue weighted by molar-refractivity contribution is 0.0594. The number of hydrogen-bond donors (Lipinski definition) is 2. The van der Waals surface area contributed by atoms with Crippen molar-refractivity contribution in [1.82, 2.24) is 10.3 Å². The van der Waals surface area contributed by atoms with Gasteiger partial charge in [0, 0.05) is 18.3 Å². The molecule has 106 valence electrons. The monoisotopic (exact) mass is 264 g/mol. The van der Waals surface area contributed by atoms with Crippen LogP contribution >= 0.6 is 0 Å². The second kappa shape index (κ2) is 6.75. The molecular weight excluding hydrogens is 240 g/mol. The molecule has 0 radical (unpaired) electrons. The molecule has 1 aromatic heterocycles. The van der Waals surface area contributed by atoms with Crippen LogP contribution in [0.3, 0.4) is 0 Å². The molecule has 1 aliphatic rings. The van der Waals surface area contributed by atoms with Crippen LogP contribution in [-0.2, 0) is 11.3 Å². The number of hydrogen-bond acceptors (Lipinski definition) is 3. The highest BCUT2D eigenvalue weighted by Crippen LogP contribution is 2.26. The van der Waals surface area contributed by atoms with Crippen LogP contribution in [0.15, 0.2) is 12.1 Å². The van der Waals surface area contributed by atoms with Crippen molar-refractivity contribution in [1.29, 1.82) is 0 Å². The number of rotatable bonds is 5. The van der Waals surface area contributed by atoms with Gasteiger partial charge in [0.05, 0.1) is 7.11 Å². The van der Waals surface area contributed by atoms with E-state index >= 15 is 0 Å². The molecule has 1 heterocycles. The summed E-state index contributed by atoms with van der Waals surface area (Å²) < 4.78 is 4.68. The van der Waals surface area contributed by atoms with Crippen LogP contribution in [0, 0.1) is 5.92 Å². The molecule has 4 nitrogen and oxygen atoms in total. The highest BCUT2D eigenvalue weighted by Gasteiger charge is 2.20. The second-order valence-corrected chi connectivity index (χ2v) is 5.41. The molecule has 0 spiro atoms. The first kappa shape index (κ1) is 14.1. The molecule has 0 saturated heterocycles. The standard InChI is InChI=1S/C15H24N2O2/c1-3-11-5-4-6-12(9-11)16-10-13-7-8-14(17-13)15(18)19-2/h7-8,11-12,16-17H,3-6,9-10H2,1-2H3. The lowest BCUT2D eigenvalue weighted by Gasteiger charge is -2.29. The normalized spacial score (nSPS) is 23.3. The van der Waals surface area contributed by atoms with Crippen molar-refractivity contribution in [2.24, 2.45) is 5.92 Å². The third kappa shape index (κ3) is 3.83. The number of esters is 1. The molecule has 19 heavy (non-hydrogen) atoms. The Labute approximate surface area is 114 Å². The zero-order valence-corrected chi connectivity index (χ0v) is 11.9. The van der Waals surface area contributed by atoms with Crippen molar-refractivity contribution in [2.45, 2.75) is 51.6 Å². The van der Waals surface area contributed by atoms with Gasteiger partial charge in [0.1, 0.15) is 5.69 Å². The minimum absolute atomic E-state index is 0.310. The molecule has 0 bridgehead atoms. The van der Waals surface area contributed by atoms with E-state index in [0.29, 0.717) is 11.7 Å². The van der Waals surface area contributed by atoms with E-state index in [4.69, 9.17) is 0 Å². The van der Waals surface area contributed by atoms with Crippen molar-refractivity contribution >= 4 is 5.97 Å². The molecule has 2 rings (SSSR count). The van der Waals surface area contributed by atoms with E-state index < -0.39 is 0 Å². The molecule has 1 saturated carbocycles. The van der Waals surface area contributed by atoms with Crippen molar-refractivity contribution in [3.05, 3.63) is 23.5 Å². The predicted molar refractivity (Wildman–Crippen MR) is 75.0 cm³/mol. The van der Waals surface area contributed by atoms with E-state index in [1.54, 1.807) is 6.07 Å². The molecule has 1 aliphatic carbocycles. The number of ether oxygens (including phenoxy) is 1. The van der Waals surface area contributed by atoms with Crippen LogP contribution in [-0.4, -0.2) is 24.1 Å². The lowest BCUT2D eigenvalue weighted by Crippen LogP contribution is -2.33. The third-order valence-electron chi connectivity index (χ3n) is 4.09.